The summed E-state index contributed by atoms with van der Waals surface area (Å²) in [5.74, 6) is 0. The number of hydrogen-bond donors (Lipinski definition) is 1. The number of hydrogen-bond acceptors (Lipinski definition) is 2. The third kappa shape index (κ3) is 3.33. The highest BCUT2D eigenvalue weighted by Gasteiger charge is 2.38. The zero-order chi connectivity index (χ0) is 14.8. The molecule has 2 unspecified atom stereocenters. The zero-order valence-corrected chi connectivity index (χ0v) is 14.1. The maximum Gasteiger partial charge on any atom is 0.0612 e. The summed E-state index contributed by atoms with van der Waals surface area (Å²) >= 11 is 12.3. The van der Waals surface area contributed by atoms with Gasteiger partial charge in [-0.15, -0.1) is 0 Å². The van der Waals surface area contributed by atoms with Gasteiger partial charge in [0, 0.05) is 23.8 Å². The maximum atomic E-state index is 6.22. The van der Waals surface area contributed by atoms with Gasteiger partial charge in [0.1, 0.15) is 0 Å². The third-order valence-corrected chi connectivity index (χ3v) is 5.60. The van der Waals surface area contributed by atoms with Gasteiger partial charge < -0.3 is 10.2 Å². The van der Waals surface area contributed by atoms with Crippen molar-refractivity contribution in [2.45, 2.75) is 63.6 Å². The predicted molar refractivity (Wildman–Crippen MR) is 91.7 cm³/mol. The average Bonchev–Trinajstić information content (AvgIpc) is 2.47. The number of benzene rings is 1. The molecule has 2 saturated heterocycles. The second kappa shape index (κ2) is 6.76. The Labute approximate surface area is 137 Å². The first kappa shape index (κ1) is 15.5. The van der Waals surface area contributed by atoms with Crippen molar-refractivity contribution in [1.29, 1.82) is 0 Å². The van der Waals surface area contributed by atoms with Crippen molar-refractivity contribution < 1.29 is 0 Å². The molecule has 0 radical (unpaired) electrons. The van der Waals surface area contributed by atoms with Crippen LogP contribution in [0.15, 0.2) is 18.2 Å². The molecule has 1 aromatic carbocycles. The van der Waals surface area contributed by atoms with Crippen molar-refractivity contribution in [2.24, 2.45) is 0 Å². The van der Waals surface area contributed by atoms with Gasteiger partial charge in [0.15, 0.2) is 0 Å². The predicted octanol–water partition coefficient (Wildman–Crippen LogP) is 4.88. The maximum absolute atomic E-state index is 6.22. The molecule has 2 atom stereocenters. The SMILES string of the molecule is CCCNC1CC2CCCC(C1)N2c1ccc(Cl)c(Cl)c1. The first-order valence-electron chi connectivity index (χ1n) is 8.15. The molecule has 0 spiro atoms. The summed E-state index contributed by atoms with van der Waals surface area (Å²) < 4.78 is 0. The lowest BCUT2D eigenvalue weighted by molar-refractivity contribution is 0.246. The Kier molecular flexibility index (Phi) is 4.98. The summed E-state index contributed by atoms with van der Waals surface area (Å²) in [6, 6.07) is 8.05. The minimum atomic E-state index is 0.643. The van der Waals surface area contributed by atoms with Crippen LogP contribution in [0.5, 0.6) is 0 Å². The normalized spacial score (nSPS) is 28.7. The smallest absolute Gasteiger partial charge is 0.0612 e. The molecule has 1 N–H and O–H groups in total. The van der Waals surface area contributed by atoms with E-state index in [1.54, 1.807) is 0 Å². The number of halogens is 2. The van der Waals surface area contributed by atoms with E-state index in [9.17, 15) is 0 Å². The van der Waals surface area contributed by atoms with Crippen LogP contribution in [0.25, 0.3) is 0 Å². The molecule has 3 rings (SSSR count). The molecule has 21 heavy (non-hydrogen) atoms. The molecule has 4 heteroatoms. The molecule has 0 aliphatic carbocycles. The van der Waals surface area contributed by atoms with E-state index in [-0.39, 0.29) is 0 Å². The topological polar surface area (TPSA) is 15.3 Å². The molecule has 0 aromatic heterocycles. The second-order valence-electron chi connectivity index (χ2n) is 6.37. The van der Waals surface area contributed by atoms with Crippen LogP contribution in [0, 0.1) is 0 Å². The van der Waals surface area contributed by atoms with Crippen molar-refractivity contribution >= 4 is 28.9 Å². The quantitative estimate of drug-likeness (QED) is 0.847. The van der Waals surface area contributed by atoms with E-state index < -0.39 is 0 Å². The number of nitrogens with one attached hydrogen (secondary N) is 1. The van der Waals surface area contributed by atoms with E-state index in [0.29, 0.717) is 28.2 Å². The van der Waals surface area contributed by atoms with Crippen LogP contribution in [0.1, 0.15) is 45.4 Å². The second-order valence-corrected chi connectivity index (χ2v) is 7.18. The van der Waals surface area contributed by atoms with Crippen LogP contribution < -0.4 is 10.2 Å². The van der Waals surface area contributed by atoms with E-state index in [1.165, 1.54) is 44.2 Å². The van der Waals surface area contributed by atoms with Gasteiger partial charge in [-0.2, -0.15) is 0 Å². The number of anilines is 1. The van der Waals surface area contributed by atoms with E-state index in [2.05, 4.69) is 23.2 Å². The molecular formula is C17H24Cl2N2. The summed E-state index contributed by atoms with van der Waals surface area (Å²) in [5, 5.41) is 5.03. The molecule has 1 aromatic rings. The van der Waals surface area contributed by atoms with Gasteiger partial charge in [-0.05, 0) is 63.3 Å². The third-order valence-electron chi connectivity index (χ3n) is 4.86. The number of rotatable bonds is 4. The lowest BCUT2D eigenvalue weighted by Gasteiger charge is -2.50. The molecule has 2 bridgehead atoms. The number of fused-ring (bicyclic) bond motifs is 2. The van der Waals surface area contributed by atoms with Crippen molar-refractivity contribution in [3.05, 3.63) is 28.2 Å². The van der Waals surface area contributed by atoms with E-state index in [0.717, 1.165) is 6.54 Å². The van der Waals surface area contributed by atoms with Crippen LogP contribution in [-0.2, 0) is 0 Å². The Balaban J connectivity index is 1.78. The van der Waals surface area contributed by atoms with Gasteiger partial charge in [-0.1, -0.05) is 30.1 Å². The van der Waals surface area contributed by atoms with E-state index >= 15 is 0 Å². The van der Waals surface area contributed by atoms with Crippen molar-refractivity contribution in [2.75, 3.05) is 11.4 Å². The van der Waals surface area contributed by atoms with Gasteiger partial charge in [0.05, 0.1) is 10.0 Å². The first-order chi connectivity index (χ1) is 10.2. The standard InChI is InChI=1S/C17H24Cl2N2/c1-2-8-20-12-9-13-4-3-5-14(10-12)21(13)15-6-7-16(18)17(19)11-15/h6-7,11-14,20H,2-5,8-10H2,1H3. The number of piperidine rings is 2. The van der Waals surface area contributed by atoms with Gasteiger partial charge >= 0.3 is 0 Å². The molecule has 2 nitrogen and oxygen atoms in total. The Morgan fingerprint density at radius 3 is 2.48 bits per heavy atom. The van der Waals surface area contributed by atoms with Crippen LogP contribution in [-0.4, -0.2) is 24.7 Å². The van der Waals surface area contributed by atoms with Crippen LogP contribution in [0.3, 0.4) is 0 Å². The highest BCUT2D eigenvalue weighted by Crippen LogP contribution is 2.39. The van der Waals surface area contributed by atoms with E-state index in [1.807, 2.05) is 12.1 Å². The number of nitrogens with zero attached hydrogens (tertiary/aromatic N) is 1. The summed E-state index contributed by atoms with van der Waals surface area (Å²) in [5.41, 5.74) is 1.24. The summed E-state index contributed by atoms with van der Waals surface area (Å²) in [4.78, 5) is 2.61. The molecule has 2 heterocycles. The summed E-state index contributed by atoms with van der Waals surface area (Å²) in [6.07, 6.45) is 7.64. The fourth-order valence-electron chi connectivity index (χ4n) is 3.96. The monoisotopic (exact) mass is 326 g/mol. The zero-order valence-electron chi connectivity index (χ0n) is 12.6. The average molecular weight is 327 g/mol. The summed E-state index contributed by atoms with van der Waals surface area (Å²) in [6.45, 7) is 3.37. The first-order valence-corrected chi connectivity index (χ1v) is 8.91. The van der Waals surface area contributed by atoms with Crippen LogP contribution in [0.4, 0.5) is 5.69 Å². The van der Waals surface area contributed by atoms with Gasteiger partial charge in [0.25, 0.3) is 0 Å². The molecular weight excluding hydrogens is 303 g/mol. The van der Waals surface area contributed by atoms with Crippen LogP contribution in [0.2, 0.25) is 10.0 Å². The highest BCUT2D eigenvalue weighted by molar-refractivity contribution is 6.42. The minimum Gasteiger partial charge on any atom is -0.365 e. The highest BCUT2D eigenvalue weighted by atomic mass is 35.5. The molecule has 2 aliphatic heterocycles. The lowest BCUT2D eigenvalue weighted by Crippen LogP contribution is -2.56. The van der Waals surface area contributed by atoms with Crippen molar-refractivity contribution in [1.82, 2.24) is 5.32 Å². The largest absolute Gasteiger partial charge is 0.365 e. The fourth-order valence-corrected chi connectivity index (χ4v) is 4.26. The minimum absolute atomic E-state index is 0.643. The summed E-state index contributed by atoms with van der Waals surface area (Å²) in [7, 11) is 0. The fraction of sp³-hybridized carbons (Fsp3) is 0.647. The van der Waals surface area contributed by atoms with Gasteiger partial charge in [0.2, 0.25) is 0 Å². The Morgan fingerprint density at radius 2 is 1.86 bits per heavy atom. The molecule has 116 valence electrons. The Hall–Kier alpha value is -0.440. The molecule has 0 saturated carbocycles. The Bertz CT molecular complexity index is 478. The van der Waals surface area contributed by atoms with Crippen LogP contribution >= 0.6 is 23.2 Å². The van der Waals surface area contributed by atoms with Gasteiger partial charge in [-0.25, -0.2) is 0 Å². The Morgan fingerprint density at radius 1 is 1.14 bits per heavy atom. The lowest BCUT2D eigenvalue weighted by atomic mass is 9.81. The van der Waals surface area contributed by atoms with Crippen molar-refractivity contribution in [3.63, 3.8) is 0 Å². The van der Waals surface area contributed by atoms with E-state index in [4.69, 9.17) is 23.2 Å². The molecule has 2 aliphatic rings. The van der Waals surface area contributed by atoms with Gasteiger partial charge in [-0.3, -0.25) is 0 Å². The molecule has 0 amide bonds. The van der Waals surface area contributed by atoms with Crippen molar-refractivity contribution in [3.8, 4) is 0 Å². The molecule has 2 fully saturated rings.